The minimum Gasteiger partial charge on any atom is -0.392 e. The third-order valence-electron chi connectivity index (χ3n) is 2.36. The summed E-state index contributed by atoms with van der Waals surface area (Å²) in [5.41, 5.74) is 5.10. The van der Waals surface area contributed by atoms with Crippen LogP contribution in [0.1, 0.15) is 23.7 Å². The Labute approximate surface area is 97.3 Å². The van der Waals surface area contributed by atoms with Crippen molar-refractivity contribution >= 4 is 5.91 Å². The Balaban J connectivity index is 2.88. The van der Waals surface area contributed by atoms with Crippen LogP contribution in [0.2, 0.25) is 0 Å². The highest BCUT2D eigenvalue weighted by molar-refractivity contribution is 5.74. The number of aliphatic hydroxyl groups excluding tert-OH is 3. The molecule has 17 heavy (non-hydrogen) atoms. The molecule has 0 radical (unpaired) electrons. The van der Waals surface area contributed by atoms with Crippen LogP contribution in [-0.2, 0) is 11.4 Å². The lowest BCUT2D eigenvalue weighted by molar-refractivity contribution is -0.121. The number of carbonyl (C=O) groups is 1. The molecule has 2 atom stereocenters. The van der Waals surface area contributed by atoms with Crippen LogP contribution < -0.4 is 5.73 Å². The minimum absolute atomic E-state index is 0.00725. The number of primary amides is 1. The van der Waals surface area contributed by atoms with E-state index in [1.807, 2.05) is 0 Å². The van der Waals surface area contributed by atoms with Crippen molar-refractivity contribution in [3.63, 3.8) is 0 Å². The number of aliphatic hydroxyl groups is 3. The van der Waals surface area contributed by atoms with E-state index in [4.69, 9.17) is 10.8 Å². The van der Waals surface area contributed by atoms with Gasteiger partial charge in [0.1, 0.15) is 11.9 Å². The Morgan fingerprint density at radius 3 is 2.59 bits per heavy atom. The van der Waals surface area contributed by atoms with Gasteiger partial charge in [-0.25, -0.2) is 4.39 Å². The third kappa shape index (κ3) is 3.48. The quantitative estimate of drug-likeness (QED) is 0.564. The van der Waals surface area contributed by atoms with Crippen molar-refractivity contribution in [1.29, 1.82) is 0 Å². The van der Waals surface area contributed by atoms with E-state index in [0.717, 1.165) is 6.07 Å². The predicted molar refractivity (Wildman–Crippen MR) is 57.1 cm³/mol. The molecule has 0 bridgehead atoms. The summed E-state index contributed by atoms with van der Waals surface area (Å²) in [7, 11) is 0. The molecule has 0 spiro atoms. The number of hydrogen-bond donors (Lipinski definition) is 4. The Morgan fingerprint density at radius 1 is 1.41 bits per heavy atom. The predicted octanol–water partition coefficient (Wildman–Crippen LogP) is -0.412. The minimum atomic E-state index is -1.36. The SMILES string of the molecule is NC(=O)CC(O)C(O)c1ccc(F)c(CO)c1. The van der Waals surface area contributed by atoms with E-state index in [1.54, 1.807) is 0 Å². The third-order valence-corrected chi connectivity index (χ3v) is 2.36. The van der Waals surface area contributed by atoms with Crippen molar-refractivity contribution in [3.8, 4) is 0 Å². The fraction of sp³-hybridized carbons (Fsp3) is 0.364. The Hall–Kier alpha value is -1.50. The van der Waals surface area contributed by atoms with Gasteiger partial charge >= 0.3 is 0 Å². The second-order valence-electron chi connectivity index (χ2n) is 3.69. The van der Waals surface area contributed by atoms with E-state index in [1.165, 1.54) is 12.1 Å². The number of nitrogens with two attached hydrogens (primary N) is 1. The van der Waals surface area contributed by atoms with E-state index in [-0.39, 0.29) is 11.1 Å². The van der Waals surface area contributed by atoms with Gasteiger partial charge < -0.3 is 21.1 Å². The van der Waals surface area contributed by atoms with Crippen molar-refractivity contribution in [1.82, 2.24) is 0 Å². The summed E-state index contributed by atoms with van der Waals surface area (Å²) < 4.78 is 13.1. The fourth-order valence-corrected chi connectivity index (χ4v) is 1.44. The van der Waals surface area contributed by atoms with Crippen LogP contribution in [0.4, 0.5) is 4.39 Å². The number of benzene rings is 1. The lowest BCUT2D eigenvalue weighted by Gasteiger charge is -2.17. The highest BCUT2D eigenvalue weighted by Crippen LogP contribution is 2.21. The van der Waals surface area contributed by atoms with Crippen LogP contribution in [0, 0.1) is 5.82 Å². The molecule has 1 aromatic carbocycles. The lowest BCUT2D eigenvalue weighted by Crippen LogP contribution is -2.25. The molecule has 94 valence electrons. The number of carbonyl (C=O) groups excluding carboxylic acids is 1. The second-order valence-corrected chi connectivity index (χ2v) is 3.69. The molecule has 1 rings (SSSR count). The standard InChI is InChI=1S/C11H14FNO4/c12-8-2-1-6(3-7(8)5-14)11(17)9(15)4-10(13)16/h1-3,9,11,14-15,17H,4-5H2,(H2,13,16). The molecule has 5 nitrogen and oxygen atoms in total. The van der Waals surface area contributed by atoms with Gasteiger partial charge in [0, 0.05) is 5.56 Å². The summed E-state index contributed by atoms with van der Waals surface area (Å²) >= 11 is 0. The summed E-state index contributed by atoms with van der Waals surface area (Å²) in [6, 6.07) is 3.56. The first-order valence-electron chi connectivity index (χ1n) is 4.99. The van der Waals surface area contributed by atoms with Gasteiger partial charge in [-0.1, -0.05) is 6.07 Å². The molecule has 5 N–H and O–H groups in total. The molecule has 0 aromatic heterocycles. The van der Waals surface area contributed by atoms with Gasteiger partial charge in [-0.2, -0.15) is 0 Å². The first kappa shape index (κ1) is 13.6. The maximum Gasteiger partial charge on any atom is 0.220 e. The average Bonchev–Trinajstić information content (AvgIpc) is 2.27. The normalized spacial score (nSPS) is 14.4. The van der Waals surface area contributed by atoms with Crippen LogP contribution in [-0.4, -0.2) is 27.3 Å². The second kappa shape index (κ2) is 5.72. The topological polar surface area (TPSA) is 104 Å². The first-order valence-corrected chi connectivity index (χ1v) is 4.99. The largest absolute Gasteiger partial charge is 0.392 e. The van der Waals surface area contributed by atoms with E-state index in [2.05, 4.69) is 0 Å². The summed E-state index contributed by atoms with van der Waals surface area (Å²) in [6.07, 6.45) is -3.11. The maximum absolute atomic E-state index is 13.1. The molecule has 0 saturated carbocycles. The number of halogens is 1. The Bertz CT molecular complexity index is 410. The fourth-order valence-electron chi connectivity index (χ4n) is 1.44. The van der Waals surface area contributed by atoms with Gasteiger partial charge in [0.15, 0.2) is 0 Å². The number of hydrogen-bond acceptors (Lipinski definition) is 4. The highest BCUT2D eigenvalue weighted by Gasteiger charge is 2.21. The molecule has 2 unspecified atom stereocenters. The van der Waals surface area contributed by atoms with Gasteiger partial charge in [-0.15, -0.1) is 0 Å². The smallest absolute Gasteiger partial charge is 0.220 e. The molecule has 0 heterocycles. The van der Waals surface area contributed by atoms with Gasteiger partial charge in [-0.3, -0.25) is 4.79 Å². The van der Waals surface area contributed by atoms with Crippen molar-refractivity contribution in [2.45, 2.75) is 25.2 Å². The monoisotopic (exact) mass is 243 g/mol. The van der Waals surface area contributed by atoms with Crippen LogP contribution in [0.15, 0.2) is 18.2 Å². The van der Waals surface area contributed by atoms with E-state index < -0.39 is 37.0 Å². The van der Waals surface area contributed by atoms with Crippen LogP contribution in [0.25, 0.3) is 0 Å². The van der Waals surface area contributed by atoms with Crippen molar-refractivity contribution in [2.75, 3.05) is 0 Å². The van der Waals surface area contributed by atoms with Crippen LogP contribution in [0.3, 0.4) is 0 Å². The Kier molecular flexibility index (Phi) is 4.56. The molecular weight excluding hydrogens is 229 g/mol. The summed E-state index contributed by atoms with van der Waals surface area (Å²) in [6.45, 7) is -0.516. The molecular formula is C11H14FNO4. The van der Waals surface area contributed by atoms with E-state index in [0.29, 0.717) is 0 Å². The molecule has 1 aromatic rings. The maximum atomic E-state index is 13.1. The van der Waals surface area contributed by atoms with Crippen LogP contribution >= 0.6 is 0 Å². The molecule has 0 aliphatic rings. The van der Waals surface area contributed by atoms with Gasteiger partial charge in [0.25, 0.3) is 0 Å². The van der Waals surface area contributed by atoms with Crippen LogP contribution in [0.5, 0.6) is 0 Å². The summed E-state index contributed by atoms with van der Waals surface area (Å²) in [5.74, 6) is -1.35. The Morgan fingerprint density at radius 2 is 2.06 bits per heavy atom. The molecule has 0 saturated heterocycles. The molecule has 1 amide bonds. The van der Waals surface area contributed by atoms with E-state index in [9.17, 15) is 19.4 Å². The van der Waals surface area contributed by atoms with Gasteiger partial charge in [-0.05, 0) is 17.7 Å². The van der Waals surface area contributed by atoms with Crippen molar-refractivity contribution in [2.24, 2.45) is 5.73 Å². The molecule has 6 heteroatoms. The number of amides is 1. The van der Waals surface area contributed by atoms with Gasteiger partial charge in [0.2, 0.25) is 5.91 Å². The molecule has 0 aliphatic heterocycles. The number of rotatable bonds is 5. The first-order chi connectivity index (χ1) is 7.95. The molecule has 0 fully saturated rings. The highest BCUT2D eigenvalue weighted by atomic mass is 19.1. The lowest BCUT2D eigenvalue weighted by atomic mass is 10.00. The summed E-state index contributed by atoms with van der Waals surface area (Å²) in [4.78, 5) is 10.6. The summed E-state index contributed by atoms with van der Waals surface area (Å²) in [5, 5.41) is 28.0. The zero-order valence-corrected chi connectivity index (χ0v) is 9.01. The molecule has 0 aliphatic carbocycles. The van der Waals surface area contributed by atoms with Crippen molar-refractivity contribution < 1.29 is 24.5 Å². The van der Waals surface area contributed by atoms with E-state index >= 15 is 0 Å². The van der Waals surface area contributed by atoms with Gasteiger partial charge in [0.05, 0.1) is 19.1 Å². The average molecular weight is 243 g/mol. The zero-order valence-electron chi connectivity index (χ0n) is 9.01. The van der Waals surface area contributed by atoms with Crippen molar-refractivity contribution in [3.05, 3.63) is 35.1 Å². The zero-order chi connectivity index (χ0) is 13.0.